The van der Waals surface area contributed by atoms with E-state index in [9.17, 15) is 4.79 Å². The van der Waals surface area contributed by atoms with E-state index < -0.39 is 0 Å². The molecule has 3 aromatic rings. The topological polar surface area (TPSA) is 47.6 Å². The Balaban J connectivity index is 1.36. The number of hydrogen-bond donors (Lipinski definition) is 1. The van der Waals surface area contributed by atoms with Crippen molar-refractivity contribution in [2.45, 2.75) is 25.8 Å². The van der Waals surface area contributed by atoms with Crippen LogP contribution in [0.2, 0.25) is 5.02 Å². The van der Waals surface area contributed by atoms with E-state index in [1.165, 1.54) is 0 Å². The lowest BCUT2D eigenvalue weighted by Crippen LogP contribution is -2.07. The number of hydrogen-bond acceptors (Lipinski definition) is 4. The van der Waals surface area contributed by atoms with Gasteiger partial charge in [-0.15, -0.1) is 0 Å². The second kappa shape index (κ2) is 9.23. The molecule has 3 aromatic carbocycles. The number of esters is 1. The molecule has 1 saturated carbocycles. The minimum atomic E-state index is -0.127. The third kappa shape index (κ3) is 4.95. The van der Waals surface area contributed by atoms with Crippen LogP contribution < -0.4 is 10.1 Å². The monoisotopic (exact) mass is 421 g/mol. The van der Waals surface area contributed by atoms with E-state index >= 15 is 0 Å². The summed E-state index contributed by atoms with van der Waals surface area (Å²) in [5.74, 6) is 1.59. The fourth-order valence-corrected chi connectivity index (χ4v) is 3.85. The largest absolute Gasteiger partial charge is 0.466 e. The highest BCUT2D eigenvalue weighted by Crippen LogP contribution is 2.50. The van der Waals surface area contributed by atoms with Crippen molar-refractivity contribution in [1.82, 2.24) is 0 Å². The van der Waals surface area contributed by atoms with Crippen molar-refractivity contribution in [2.75, 3.05) is 11.9 Å². The molecule has 0 aliphatic heterocycles. The Hall–Kier alpha value is -2.98. The minimum absolute atomic E-state index is 0.0615. The molecule has 0 unspecified atom stereocenters. The van der Waals surface area contributed by atoms with Crippen molar-refractivity contribution < 1.29 is 14.3 Å². The molecule has 4 rings (SSSR count). The lowest BCUT2D eigenvalue weighted by molar-refractivity contribution is -0.144. The number of rotatable bonds is 8. The van der Waals surface area contributed by atoms with Gasteiger partial charge in [0, 0.05) is 17.3 Å². The normalized spacial score (nSPS) is 17.3. The van der Waals surface area contributed by atoms with Crippen LogP contribution in [0.15, 0.2) is 72.8 Å². The summed E-state index contributed by atoms with van der Waals surface area (Å²) in [7, 11) is 0. The zero-order valence-electron chi connectivity index (χ0n) is 16.8. The first-order chi connectivity index (χ1) is 14.6. The Kier molecular flexibility index (Phi) is 6.24. The first-order valence-electron chi connectivity index (χ1n) is 10.2. The molecule has 2 atom stereocenters. The molecule has 0 heterocycles. The first kappa shape index (κ1) is 20.3. The van der Waals surface area contributed by atoms with E-state index in [1.54, 1.807) is 0 Å². The van der Waals surface area contributed by atoms with Crippen LogP contribution in [-0.4, -0.2) is 12.6 Å². The Labute approximate surface area is 181 Å². The van der Waals surface area contributed by atoms with E-state index in [-0.39, 0.29) is 17.8 Å². The number of anilines is 1. The van der Waals surface area contributed by atoms with Gasteiger partial charge < -0.3 is 14.8 Å². The summed E-state index contributed by atoms with van der Waals surface area (Å²) in [6.45, 7) is 2.89. The molecule has 154 valence electrons. The molecule has 1 aliphatic rings. The van der Waals surface area contributed by atoms with Crippen LogP contribution >= 0.6 is 11.6 Å². The van der Waals surface area contributed by atoms with Crippen LogP contribution in [0.4, 0.5) is 5.69 Å². The van der Waals surface area contributed by atoms with Crippen molar-refractivity contribution >= 4 is 23.3 Å². The van der Waals surface area contributed by atoms with E-state index in [0.717, 1.165) is 34.7 Å². The van der Waals surface area contributed by atoms with E-state index in [2.05, 4.69) is 11.4 Å². The second-order valence-electron chi connectivity index (χ2n) is 7.35. The zero-order valence-corrected chi connectivity index (χ0v) is 17.6. The summed E-state index contributed by atoms with van der Waals surface area (Å²) < 4.78 is 11.0. The number of benzene rings is 3. The predicted octanol–water partition coefficient (Wildman–Crippen LogP) is 6.41. The Bertz CT molecular complexity index is 1020. The molecular weight excluding hydrogens is 398 g/mol. The van der Waals surface area contributed by atoms with E-state index in [4.69, 9.17) is 21.1 Å². The number of carbonyl (C=O) groups is 1. The molecule has 0 radical (unpaired) electrons. The van der Waals surface area contributed by atoms with Gasteiger partial charge in [0.25, 0.3) is 0 Å². The maximum Gasteiger partial charge on any atom is 0.309 e. The fraction of sp³-hybridized carbons (Fsp3) is 0.240. The fourth-order valence-electron chi connectivity index (χ4n) is 3.53. The molecule has 0 spiro atoms. The molecule has 5 heteroatoms. The lowest BCUT2D eigenvalue weighted by atomic mass is 10.1. The van der Waals surface area contributed by atoms with Gasteiger partial charge in [0.1, 0.15) is 11.5 Å². The van der Waals surface area contributed by atoms with Crippen LogP contribution in [-0.2, 0) is 16.1 Å². The summed E-state index contributed by atoms with van der Waals surface area (Å²) >= 11 is 6.50. The summed E-state index contributed by atoms with van der Waals surface area (Å²) in [6, 6.07) is 23.6. The van der Waals surface area contributed by atoms with Gasteiger partial charge in [0.2, 0.25) is 0 Å². The van der Waals surface area contributed by atoms with E-state index in [0.29, 0.717) is 18.2 Å². The number of ether oxygens (including phenoxy) is 2. The highest BCUT2D eigenvalue weighted by Gasteiger charge is 2.46. The molecule has 1 fully saturated rings. The van der Waals surface area contributed by atoms with Crippen molar-refractivity contribution in [2.24, 2.45) is 5.92 Å². The standard InChI is InChI=1S/C25H24ClNO3/c1-2-29-25(28)23-15-22(23)21-12-11-18(14-24(21)26)27-16-17-7-6-10-20(13-17)30-19-8-4-3-5-9-19/h3-14,22-23,27H,2,15-16H2,1H3/t22-,23+/m0/s1. The van der Waals surface area contributed by atoms with Crippen LogP contribution in [0.1, 0.15) is 30.4 Å². The first-order valence-corrected chi connectivity index (χ1v) is 10.5. The Morgan fingerprint density at radius 2 is 1.83 bits per heavy atom. The van der Waals surface area contributed by atoms with Gasteiger partial charge in [-0.3, -0.25) is 4.79 Å². The summed E-state index contributed by atoms with van der Waals surface area (Å²) in [5, 5.41) is 4.08. The van der Waals surface area contributed by atoms with Gasteiger partial charge in [0.15, 0.2) is 0 Å². The quantitative estimate of drug-likeness (QED) is 0.427. The molecule has 1 N–H and O–H groups in total. The molecule has 0 aromatic heterocycles. The highest BCUT2D eigenvalue weighted by molar-refractivity contribution is 6.31. The average Bonchev–Trinajstić information content (AvgIpc) is 3.54. The van der Waals surface area contributed by atoms with Gasteiger partial charge in [-0.2, -0.15) is 0 Å². The SMILES string of the molecule is CCOC(=O)[C@@H]1C[C@H]1c1ccc(NCc2cccc(Oc3ccccc3)c2)cc1Cl. The average molecular weight is 422 g/mol. The maximum absolute atomic E-state index is 11.9. The third-order valence-corrected chi connectivity index (χ3v) is 5.48. The number of carbonyl (C=O) groups excluding carboxylic acids is 1. The molecular formula is C25H24ClNO3. The Morgan fingerprint density at radius 3 is 2.60 bits per heavy atom. The molecule has 0 bridgehead atoms. The summed E-state index contributed by atoms with van der Waals surface area (Å²) in [5.41, 5.74) is 3.05. The summed E-state index contributed by atoms with van der Waals surface area (Å²) in [4.78, 5) is 11.9. The molecule has 4 nitrogen and oxygen atoms in total. The van der Waals surface area contributed by atoms with Crippen molar-refractivity contribution in [3.05, 3.63) is 88.9 Å². The number of para-hydroxylation sites is 1. The van der Waals surface area contributed by atoms with Gasteiger partial charge in [-0.05, 0) is 66.8 Å². The molecule has 1 aliphatic carbocycles. The molecule has 30 heavy (non-hydrogen) atoms. The number of nitrogens with one attached hydrogen (secondary N) is 1. The summed E-state index contributed by atoms with van der Waals surface area (Å²) in [6.07, 6.45) is 0.805. The molecule has 0 saturated heterocycles. The minimum Gasteiger partial charge on any atom is -0.466 e. The Morgan fingerprint density at radius 1 is 1.03 bits per heavy atom. The highest BCUT2D eigenvalue weighted by atomic mass is 35.5. The maximum atomic E-state index is 11.9. The van der Waals surface area contributed by atoms with Crippen LogP contribution in [0.3, 0.4) is 0 Å². The van der Waals surface area contributed by atoms with Crippen molar-refractivity contribution in [3.8, 4) is 11.5 Å². The number of halogens is 1. The van der Waals surface area contributed by atoms with Crippen LogP contribution in [0.25, 0.3) is 0 Å². The predicted molar refractivity (Wildman–Crippen MR) is 119 cm³/mol. The van der Waals surface area contributed by atoms with Crippen molar-refractivity contribution in [3.63, 3.8) is 0 Å². The van der Waals surface area contributed by atoms with E-state index in [1.807, 2.05) is 73.7 Å². The lowest BCUT2D eigenvalue weighted by Gasteiger charge is -2.11. The van der Waals surface area contributed by atoms with Crippen molar-refractivity contribution in [1.29, 1.82) is 0 Å². The zero-order chi connectivity index (χ0) is 20.9. The van der Waals surface area contributed by atoms with Crippen LogP contribution in [0.5, 0.6) is 11.5 Å². The van der Waals surface area contributed by atoms with Gasteiger partial charge >= 0.3 is 5.97 Å². The second-order valence-corrected chi connectivity index (χ2v) is 7.76. The van der Waals surface area contributed by atoms with Gasteiger partial charge in [-0.1, -0.05) is 48.0 Å². The van der Waals surface area contributed by atoms with Crippen LogP contribution in [0, 0.1) is 5.92 Å². The third-order valence-electron chi connectivity index (χ3n) is 5.15. The smallest absolute Gasteiger partial charge is 0.309 e. The molecule has 0 amide bonds. The van der Waals surface area contributed by atoms with Gasteiger partial charge in [0.05, 0.1) is 12.5 Å². The van der Waals surface area contributed by atoms with Gasteiger partial charge in [-0.25, -0.2) is 0 Å².